The summed E-state index contributed by atoms with van der Waals surface area (Å²) in [5, 5.41) is 0. The summed E-state index contributed by atoms with van der Waals surface area (Å²) in [5.41, 5.74) is 1.36. The Morgan fingerprint density at radius 2 is 1.58 bits per heavy atom. The molecular weight excluding hydrogens is 576 g/mol. The van der Waals surface area contributed by atoms with Crippen molar-refractivity contribution in [2.75, 3.05) is 0 Å². The minimum absolute atomic E-state index is 0.0655. The van der Waals surface area contributed by atoms with Gasteiger partial charge in [0.05, 0.1) is 15.9 Å². The first kappa shape index (κ1) is 24.0. The largest absolute Gasteiger partial charge is 0.459 e. The van der Waals surface area contributed by atoms with Crippen LogP contribution < -0.4 is 0 Å². The standard InChI is InChI=1S/C23H20Br2N2O5S/c1-23(2,33-25)17(22(31)32-12-13-8-4-3-5-9-13)27-18(24)16(21(27)30)26-19(28)14-10-6-7-11-15(14)20(26)29/h3-11,16-18H,12H2,1-2H3. The van der Waals surface area contributed by atoms with Crippen LogP contribution in [0.3, 0.4) is 0 Å². The van der Waals surface area contributed by atoms with E-state index in [1.165, 1.54) is 15.1 Å². The van der Waals surface area contributed by atoms with Crippen molar-refractivity contribution in [2.45, 2.75) is 42.2 Å². The maximum atomic E-state index is 13.3. The average molecular weight is 596 g/mol. The first-order valence-electron chi connectivity index (χ1n) is 10.1. The Hall–Kier alpha value is -2.17. The summed E-state index contributed by atoms with van der Waals surface area (Å²) in [4.78, 5) is 53.8. The SMILES string of the molecule is CC(C)(SBr)C(C(=O)OCc1ccccc1)N1C(=O)C(N2C(=O)c3ccccc3C2=O)C1Br. The Bertz CT molecular complexity index is 1090. The first-order chi connectivity index (χ1) is 15.7. The van der Waals surface area contributed by atoms with Gasteiger partial charge in [-0.1, -0.05) is 68.6 Å². The third kappa shape index (κ3) is 4.13. The molecule has 2 aliphatic heterocycles. The number of imide groups is 1. The number of hydrogen-bond acceptors (Lipinski definition) is 6. The van der Waals surface area contributed by atoms with Gasteiger partial charge in [0.1, 0.15) is 23.6 Å². The second-order valence-corrected chi connectivity index (χ2v) is 11.4. The molecular formula is C23H20Br2N2O5S. The van der Waals surface area contributed by atoms with Crippen molar-refractivity contribution in [3.63, 3.8) is 0 Å². The molecule has 4 rings (SSSR count). The van der Waals surface area contributed by atoms with Gasteiger partial charge in [-0.05, 0) is 46.4 Å². The number of halogens is 2. The number of likely N-dealkylation sites (tertiary alicyclic amines) is 1. The maximum Gasteiger partial charge on any atom is 0.330 e. The molecule has 0 saturated carbocycles. The molecule has 3 atom stereocenters. The zero-order valence-corrected chi connectivity index (χ0v) is 21.7. The number of carbonyl (C=O) groups is 4. The second-order valence-electron chi connectivity index (χ2n) is 8.27. The molecule has 3 unspecified atom stereocenters. The lowest BCUT2D eigenvalue weighted by Crippen LogP contribution is -2.75. The van der Waals surface area contributed by atoms with Gasteiger partial charge >= 0.3 is 5.97 Å². The van der Waals surface area contributed by atoms with E-state index in [-0.39, 0.29) is 17.7 Å². The first-order valence-corrected chi connectivity index (χ1v) is 13.7. The summed E-state index contributed by atoms with van der Waals surface area (Å²) in [6.45, 7) is 3.68. The number of ether oxygens (including phenoxy) is 1. The van der Waals surface area contributed by atoms with E-state index in [2.05, 4.69) is 30.7 Å². The van der Waals surface area contributed by atoms with E-state index in [1.807, 2.05) is 44.2 Å². The van der Waals surface area contributed by atoms with Gasteiger partial charge in [-0.25, -0.2) is 4.79 Å². The fourth-order valence-electron chi connectivity index (χ4n) is 4.01. The van der Waals surface area contributed by atoms with Gasteiger partial charge in [0, 0.05) is 0 Å². The molecule has 0 spiro atoms. The van der Waals surface area contributed by atoms with Gasteiger partial charge in [0.2, 0.25) is 0 Å². The Morgan fingerprint density at radius 1 is 1.03 bits per heavy atom. The van der Waals surface area contributed by atoms with Gasteiger partial charge in [-0.15, -0.1) is 0 Å². The zero-order valence-electron chi connectivity index (χ0n) is 17.7. The monoisotopic (exact) mass is 594 g/mol. The summed E-state index contributed by atoms with van der Waals surface area (Å²) in [7, 11) is 1.24. The average Bonchev–Trinajstić information content (AvgIpc) is 3.07. The van der Waals surface area contributed by atoms with Crippen molar-refractivity contribution >= 4 is 64.6 Å². The quantitative estimate of drug-likeness (QED) is 0.157. The topological polar surface area (TPSA) is 84.0 Å². The fourth-order valence-corrected chi connectivity index (χ4v) is 5.73. The van der Waals surface area contributed by atoms with Crippen LogP contribution in [0.15, 0.2) is 54.6 Å². The van der Waals surface area contributed by atoms with Crippen molar-refractivity contribution in [1.82, 2.24) is 9.80 Å². The van der Waals surface area contributed by atoms with E-state index in [1.54, 1.807) is 24.3 Å². The normalized spacial score (nSPS) is 21.0. The van der Waals surface area contributed by atoms with Crippen molar-refractivity contribution in [3.8, 4) is 0 Å². The number of fused-ring (bicyclic) bond motifs is 1. The van der Waals surface area contributed by atoms with Crippen LogP contribution >= 0.6 is 40.9 Å². The van der Waals surface area contributed by atoms with E-state index in [4.69, 9.17) is 4.74 Å². The molecule has 1 fully saturated rings. The van der Waals surface area contributed by atoms with Crippen molar-refractivity contribution in [1.29, 1.82) is 0 Å². The summed E-state index contributed by atoms with van der Waals surface area (Å²) in [6.07, 6.45) is 0. The van der Waals surface area contributed by atoms with Crippen LogP contribution in [0.5, 0.6) is 0 Å². The minimum atomic E-state index is -1.04. The highest BCUT2D eigenvalue weighted by Gasteiger charge is 2.61. The number of benzene rings is 2. The lowest BCUT2D eigenvalue weighted by Gasteiger charge is -2.52. The lowest BCUT2D eigenvalue weighted by molar-refractivity contribution is -0.168. The molecule has 10 heteroatoms. The summed E-state index contributed by atoms with van der Waals surface area (Å²) in [6, 6.07) is 13.7. The number of rotatable bonds is 7. The number of hydrogen-bond donors (Lipinski definition) is 0. The summed E-state index contributed by atoms with van der Waals surface area (Å²) in [5.74, 6) is -2.11. The molecule has 0 aromatic heterocycles. The number of β-lactam (4-membered cyclic amide) rings is 1. The summed E-state index contributed by atoms with van der Waals surface area (Å²) >= 11 is 6.81. The minimum Gasteiger partial charge on any atom is -0.459 e. The number of nitrogens with zero attached hydrogens (tertiary/aromatic N) is 2. The van der Waals surface area contributed by atoms with Crippen LogP contribution in [0.1, 0.15) is 40.1 Å². The van der Waals surface area contributed by atoms with Crippen molar-refractivity contribution in [2.24, 2.45) is 0 Å². The van der Waals surface area contributed by atoms with Crippen LogP contribution in [0, 0.1) is 0 Å². The van der Waals surface area contributed by atoms with Gasteiger partial charge in [-0.3, -0.25) is 19.3 Å². The molecule has 172 valence electrons. The van der Waals surface area contributed by atoms with Crippen LogP contribution in [0.2, 0.25) is 0 Å². The molecule has 2 heterocycles. The fraction of sp³-hybridized carbons (Fsp3) is 0.304. The molecule has 3 amide bonds. The van der Waals surface area contributed by atoms with Gasteiger partial charge in [-0.2, -0.15) is 0 Å². The molecule has 0 bridgehead atoms. The third-order valence-electron chi connectivity index (χ3n) is 5.72. The maximum absolute atomic E-state index is 13.3. The zero-order chi connectivity index (χ0) is 23.9. The van der Waals surface area contributed by atoms with E-state index in [0.717, 1.165) is 10.5 Å². The van der Waals surface area contributed by atoms with Crippen LogP contribution in [0.4, 0.5) is 0 Å². The number of carbonyl (C=O) groups excluding carboxylic acids is 4. The Labute approximate surface area is 211 Å². The van der Waals surface area contributed by atoms with E-state index >= 15 is 0 Å². The van der Waals surface area contributed by atoms with E-state index in [9.17, 15) is 19.2 Å². The molecule has 0 radical (unpaired) electrons. The predicted molar refractivity (Wildman–Crippen MR) is 131 cm³/mol. The van der Waals surface area contributed by atoms with Crippen molar-refractivity contribution < 1.29 is 23.9 Å². The van der Waals surface area contributed by atoms with E-state index in [0.29, 0.717) is 0 Å². The van der Waals surface area contributed by atoms with Crippen molar-refractivity contribution in [3.05, 3.63) is 71.3 Å². The van der Waals surface area contributed by atoms with Gasteiger partial charge in [0.15, 0.2) is 0 Å². The predicted octanol–water partition coefficient (Wildman–Crippen LogP) is 4.15. The molecule has 2 aromatic carbocycles. The van der Waals surface area contributed by atoms with Gasteiger partial charge in [0.25, 0.3) is 17.7 Å². The molecule has 2 aromatic rings. The van der Waals surface area contributed by atoms with Crippen LogP contribution in [-0.4, -0.2) is 55.3 Å². The van der Waals surface area contributed by atoms with Gasteiger partial charge < -0.3 is 9.64 Å². The number of alkyl halides is 1. The summed E-state index contributed by atoms with van der Waals surface area (Å²) < 4.78 is 4.79. The lowest BCUT2D eigenvalue weighted by atomic mass is 9.94. The Balaban J connectivity index is 1.56. The Kier molecular flexibility index (Phi) is 6.70. The second kappa shape index (κ2) is 9.23. The van der Waals surface area contributed by atoms with Crippen LogP contribution in [0.25, 0.3) is 0 Å². The number of amides is 3. The molecule has 0 N–H and O–H groups in total. The Morgan fingerprint density at radius 3 is 2.09 bits per heavy atom. The van der Waals surface area contributed by atoms with E-state index < -0.39 is 45.5 Å². The smallest absolute Gasteiger partial charge is 0.330 e. The highest BCUT2D eigenvalue weighted by molar-refractivity contribution is 9.50. The molecule has 33 heavy (non-hydrogen) atoms. The van der Waals surface area contributed by atoms with Crippen LogP contribution in [-0.2, 0) is 20.9 Å². The molecule has 0 aliphatic carbocycles. The molecule has 2 aliphatic rings. The molecule has 7 nitrogen and oxygen atoms in total. The third-order valence-corrected chi connectivity index (χ3v) is 9.79. The highest BCUT2D eigenvalue weighted by Crippen LogP contribution is 2.43. The number of esters is 1. The molecule has 1 saturated heterocycles. The highest BCUT2D eigenvalue weighted by atomic mass is 79.9.